The molecular weight excluding hydrogens is 434 g/mol. The lowest BCUT2D eigenvalue weighted by molar-refractivity contribution is 0.0758. The molecule has 0 bridgehead atoms. The molecule has 0 aliphatic carbocycles. The molecule has 0 N–H and O–H groups in total. The van der Waals surface area contributed by atoms with Gasteiger partial charge in [-0.15, -0.1) is 0 Å². The molecule has 0 atom stereocenters. The molecule has 0 radical (unpaired) electrons. The third-order valence-electron chi connectivity index (χ3n) is 4.05. The molecule has 2 aromatic heterocycles. The lowest BCUT2D eigenvalue weighted by Crippen LogP contribution is -2.30. The first kappa shape index (κ1) is 19.4. The fourth-order valence-corrected chi connectivity index (χ4v) is 3.23. The van der Waals surface area contributed by atoms with Crippen LogP contribution in [-0.4, -0.2) is 37.4 Å². The summed E-state index contributed by atoms with van der Waals surface area (Å²) in [5, 5.41) is 8.97. The van der Waals surface area contributed by atoms with Crippen molar-refractivity contribution in [2.24, 2.45) is 0 Å². The molecule has 27 heavy (non-hydrogen) atoms. The van der Waals surface area contributed by atoms with Gasteiger partial charge in [-0.2, -0.15) is 10.2 Å². The highest BCUT2D eigenvalue weighted by Gasteiger charge is 2.20. The maximum atomic E-state index is 12.9. The number of amides is 1. The van der Waals surface area contributed by atoms with E-state index >= 15 is 0 Å². The molecule has 0 fully saturated rings. The number of nitrogens with zero attached hydrogens (tertiary/aromatic N) is 5. The van der Waals surface area contributed by atoms with E-state index in [-0.39, 0.29) is 12.6 Å². The van der Waals surface area contributed by atoms with Crippen LogP contribution < -0.4 is 4.74 Å². The zero-order valence-corrected chi connectivity index (χ0v) is 17.3. The molecule has 3 rings (SSSR count). The van der Waals surface area contributed by atoms with E-state index in [1.165, 1.54) is 4.68 Å². The third-order valence-corrected chi connectivity index (χ3v) is 5.02. The van der Waals surface area contributed by atoms with Gasteiger partial charge in [0.25, 0.3) is 5.91 Å². The Morgan fingerprint density at radius 2 is 2.04 bits per heavy atom. The van der Waals surface area contributed by atoms with Crippen molar-refractivity contribution in [3.8, 4) is 5.75 Å². The quantitative estimate of drug-likeness (QED) is 0.546. The summed E-state index contributed by atoms with van der Waals surface area (Å²) in [6.45, 7) is 3.24. The van der Waals surface area contributed by atoms with Gasteiger partial charge in [0.2, 0.25) is 0 Å². The summed E-state index contributed by atoms with van der Waals surface area (Å²) in [4.78, 5) is 14.5. The highest BCUT2D eigenvalue weighted by atomic mass is 79.9. The second-order valence-corrected chi connectivity index (χ2v) is 7.10. The topological polar surface area (TPSA) is 65.2 Å². The van der Waals surface area contributed by atoms with E-state index in [1.54, 1.807) is 42.5 Å². The first-order valence-electron chi connectivity index (χ1n) is 8.36. The lowest BCUT2D eigenvalue weighted by atomic mass is 10.3. The zero-order chi connectivity index (χ0) is 19.4. The van der Waals surface area contributed by atoms with Gasteiger partial charge in [0, 0.05) is 19.8 Å². The second kappa shape index (κ2) is 8.58. The van der Waals surface area contributed by atoms with Gasteiger partial charge in [-0.05, 0) is 41.1 Å². The van der Waals surface area contributed by atoms with Crippen LogP contribution in [-0.2, 0) is 19.8 Å². The maximum absolute atomic E-state index is 12.9. The van der Waals surface area contributed by atoms with Crippen molar-refractivity contribution in [3.05, 3.63) is 63.6 Å². The predicted molar refractivity (Wildman–Crippen MR) is 106 cm³/mol. The van der Waals surface area contributed by atoms with Gasteiger partial charge >= 0.3 is 0 Å². The summed E-state index contributed by atoms with van der Waals surface area (Å²) in [6, 6.07) is 8.84. The summed E-state index contributed by atoms with van der Waals surface area (Å²) in [7, 11) is 1.74. The minimum Gasteiger partial charge on any atom is -0.470 e. The molecule has 0 aliphatic rings. The fourth-order valence-electron chi connectivity index (χ4n) is 2.62. The molecule has 0 saturated heterocycles. The molecule has 7 nitrogen and oxygen atoms in total. The lowest BCUT2D eigenvalue weighted by Gasteiger charge is -2.19. The molecule has 142 valence electrons. The van der Waals surface area contributed by atoms with Crippen molar-refractivity contribution in [1.82, 2.24) is 24.5 Å². The van der Waals surface area contributed by atoms with Gasteiger partial charge in [-0.25, -0.2) is 4.68 Å². The molecule has 9 heteroatoms. The molecule has 0 spiro atoms. The highest BCUT2D eigenvalue weighted by Crippen LogP contribution is 2.23. The van der Waals surface area contributed by atoms with Gasteiger partial charge in [0.1, 0.15) is 11.4 Å². The van der Waals surface area contributed by atoms with Crippen LogP contribution >= 0.6 is 27.5 Å². The van der Waals surface area contributed by atoms with Crippen LogP contribution in [0.2, 0.25) is 5.02 Å². The number of benzene rings is 1. The number of aromatic nitrogens is 4. The van der Waals surface area contributed by atoms with Crippen LogP contribution in [0.5, 0.6) is 5.75 Å². The summed E-state index contributed by atoms with van der Waals surface area (Å²) in [5.74, 6) is 0.378. The Balaban J connectivity index is 1.71. The summed E-state index contributed by atoms with van der Waals surface area (Å²) in [5.41, 5.74) is 1.37. The first-order chi connectivity index (χ1) is 13.0. The van der Waals surface area contributed by atoms with E-state index in [0.29, 0.717) is 23.0 Å². The zero-order valence-electron chi connectivity index (χ0n) is 15.0. The number of carbonyl (C=O) groups is 1. The first-order valence-corrected chi connectivity index (χ1v) is 9.53. The van der Waals surface area contributed by atoms with Crippen molar-refractivity contribution < 1.29 is 9.53 Å². The van der Waals surface area contributed by atoms with Crippen LogP contribution in [0.4, 0.5) is 0 Å². The van der Waals surface area contributed by atoms with Crippen molar-refractivity contribution in [2.45, 2.75) is 26.7 Å². The smallest absolute Gasteiger partial charge is 0.272 e. The minimum atomic E-state index is -0.161. The van der Waals surface area contributed by atoms with Gasteiger partial charge in [-0.1, -0.05) is 23.7 Å². The molecule has 3 aromatic rings. The number of ether oxygens (including phenoxy) is 1. The largest absolute Gasteiger partial charge is 0.470 e. The van der Waals surface area contributed by atoms with Crippen LogP contribution in [0.1, 0.15) is 23.1 Å². The number of rotatable bonds is 7. The van der Waals surface area contributed by atoms with Crippen molar-refractivity contribution in [2.75, 3.05) is 7.05 Å². The average Bonchev–Trinajstić information content (AvgIpc) is 3.27. The number of carbonyl (C=O) groups excluding carboxylic acids is 1. The summed E-state index contributed by atoms with van der Waals surface area (Å²) in [6.07, 6.45) is 3.31. The third kappa shape index (κ3) is 4.33. The number of hydrogen-bond acceptors (Lipinski definition) is 4. The fraction of sp³-hybridized carbons (Fsp3) is 0.278. The van der Waals surface area contributed by atoms with E-state index in [2.05, 4.69) is 26.1 Å². The van der Waals surface area contributed by atoms with E-state index in [9.17, 15) is 4.79 Å². The molecule has 0 saturated carbocycles. The normalized spacial score (nSPS) is 10.8. The molecular formula is C18H19BrClN5O2. The SMILES string of the molecule is CCn1ncc(Br)c1CN(C)C(=O)c1ccnn1COc1ccccc1Cl. The number of hydrogen-bond donors (Lipinski definition) is 0. The Labute approximate surface area is 170 Å². The molecule has 0 aliphatic heterocycles. The van der Waals surface area contributed by atoms with Crippen LogP contribution in [0.15, 0.2) is 47.2 Å². The highest BCUT2D eigenvalue weighted by molar-refractivity contribution is 9.10. The predicted octanol–water partition coefficient (Wildman–Crippen LogP) is 3.82. The Morgan fingerprint density at radius 1 is 1.26 bits per heavy atom. The van der Waals surface area contributed by atoms with Crippen LogP contribution in [0, 0.1) is 0 Å². The van der Waals surface area contributed by atoms with Crippen molar-refractivity contribution >= 4 is 33.4 Å². The Bertz CT molecular complexity index is 939. The van der Waals surface area contributed by atoms with Gasteiger partial charge in [0.15, 0.2) is 6.73 Å². The van der Waals surface area contributed by atoms with Gasteiger partial charge < -0.3 is 9.64 Å². The van der Waals surface area contributed by atoms with E-state index in [1.807, 2.05) is 23.7 Å². The Morgan fingerprint density at radius 3 is 2.78 bits per heavy atom. The second-order valence-electron chi connectivity index (χ2n) is 5.84. The molecule has 2 heterocycles. The molecule has 1 amide bonds. The summed E-state index contributed by atoms with van der Waals surface area (Å²) >= 11 is 9.58. The molecule has 1 aromatic carbocycles. The Hall–Kier alpha value is -2.32. The summed E-state index contributed by atoms with van der Waals surface area (Å²) < 4.78 is 9.93. The average molecular weight is 453 g/mol. The monoisotopic (exact) mass is 451 g/mol. The standard InChI is InChI=1S/C18H19BrClN5O2/c1-3-24-16(13(19)10-22-24)11-23(2)18(26)15-8-9-21-25(15)12-27-17-7-5-4-6-14(17)20/h4-10H,3,11-12H2,1-2H3. The maximum Gasteiger partial charge on any atom is 0.272 e. The van der Waals surface area contributed by atoms with E-state index < -0.39 is 0 Å². The van der Waals surface area contributed by atoms with Gasteiger partial charge in [-0.3, -0.25) is 9.48 Å². The number of aryl methyl sites for hydroxylation is 1. The number of para-hydroxylation sites is 1. The van der Waals surface area contributed by atoms with Crippen LogP contribution in [0.3, 0.4) is 0 Å². The van der Waals surface area contributed by atoms with E-state index in [0.717, 1.165) is 16.7 Å². The van der Waals surface area contributed by atoms with Crippen molar-refractivity contribution in [1.29, 1.82) is 0 Å². The number of halogens is 2. The van der Waals surface area contributed by atoms with Crippen LogP contribution in [0.25, 0.3) is 0 Å². The van der Waals surface area contributed by atoms with Crippen molar-refractivity contribution in [3.63, 3.8) is 0 Å². The van der Waals surface area contributed by atoms with Gasteiger partial charge in [0.05, 0.1) is 27.9 Å². The minimum absolute atomic E-state index is 0.0855. The van der Waals surface area contributed by atoms with E-state index in [4.69, 9.17) is 16.3 Å². The molecule has 0 unspecified atom stereocenters. The Kier molecular flexibility index (Phi) is 6.18.